The van der Waals surface area contributed by atoms with Gasteiger partial charge in [-0.3, -0.25) is 4.55 Å². The SMILES string of the molecule is Nc1cc(S(=O)(=O)O)c2ccccc2c1. The maximum absolute atomic E-state index is 11.1. The first-order valence-electron chi connectivity index (χ1n) is 4.24. The number of hydrogen-bond donors (Lipinski definition) is 2. The Hall–Kier alpha value is -1.59. The fourth-order valence-electron chi connectivity index (χ4n) is 1.51. The summed E-state index contributed by atoms with van der Waals surface area (Å²) in [5, 5.41) is 1.15. The van der Waals surface area contributed by atoms with Gasteiger partial charge in [0.1, 0.15) is 4.90 Å². The summed E-state index contributed by atoms with van der Waals surface area (Å²) in [4.78, 5) is -0.155. The van der Waals surface area contributed by atoms with Crippen molar-refractivity contribution in [3.63, 3.8) is 0 Å². The van der Waals surface area contributed by atoms with Crippen LogP contribution in [0, 0.1) is 0 Å². The van der Waals surface area contributed by atoms with Crippen LogP contribution in [0.15, 0.2) is 41.3 Å². The highest BCUT2D eigenvalue weighted by Gasteiger charge is 2.14. The molecule has 3 N–H and O–H groups in total. The number of nitrogen functional groups attached to an aromatic ring is 1. The third kappa shape index (κ3) is 1.79. The first-order chi connectivity index (χ1) is 6.98. The molecule has 0 aliphatic carbocycles. The van der Waals surface area contributed by atoms with Crippen LogP contribution in [0.25, 0.3) is 10.8 Å². The maximum atomic E-state index is 11.1. The Kier molecular flexibility index (Phi) is 2.13. The molecule has 2 aromatic carbocycles. The summed E-state index contributed by atoms with van der Waals surface area (Å²) in [7, 11) is -4.23. The molecule has 15 heavy (non-hydrogen) atoms. The smallest absolute Gasteiger partial charge is 0.295 e. The van der Waals surface area contributed by atoms with Crippen LogP contribution in [0.1, 0.15) is 0 Å². The van der Waals surface area contributed by atoms with Gasteiger partial charge in [-0.25, -0.2) is 0 Å². The molecule has 0 heterocycles. The van der Waals surface area contributed by atoms with Gasteiger partial charge in [0.05, 0.1) is 0 Å². The van der Waals surface area contributed by atoms with Crippen molar-refractivity contribution < 1.29 is 13.0 Å². The lowest BCUT2D eigenvalue weighted by Gasteiger charge is -2.04. The highest BCUT2D eigenvalue weighted by molar-refractivity contribution is 7.86. The number of nitrogens with two attached hydrogens (primary N) is 1. The van der Waals surface area contributed by atoms with E-state index in [1.54, 1.807) is 30.3 Å². The molecule has 0 spiro atoms. The third-order valence-electron chi connectivity index (χ3n) is 2.12. The Morgan fingerprint density at radius 1 is 1.13 bits per heavy atom. The van der Waals surface area contributed by atoms with Crippen molar-refractivity contribution in [2.45, 2.75) is 4.90 Å². The minimum Gasteiger partial charge on any atom is -0.399 e. The second kappa shape index (κ2) is 3.22. The molecule has 4 nitrogen and oxygen atoms in total. The number of fused-ring (bicyclic) bond motifs is 1. The molecule has 2 rings (SSSR count). The quantitative estimate of drug-likeness (QED) is 0.569. The van der Waals surface area contributed by atoms with Crippen molar-refractivity contribution in [1.29, 1.82) is 0 Å². The molecular formula is C10H9NO3S. The van der Waals surface area contributed by atoms with Crippen molar-refractivity contribution in [3.8, 4) is 0 Å². The van der Waals surface area contributed by atoms with Gasteiger partial charge in [-0.2, -0.15) is 8.42 Å². The zero-order valence-electron chi connectivity index (χ0n) is 7.71. The first-order valence-corrected chi connectivity index (χ1v) is 5.68. The van der Waals surface area contributed by atoms with Gasteiger partial charge in [0.15, 0.2) is 0 Å². The molecule has 0 aliphatic rings. The Morgan fingerprint density at radius 2 is 1.80 bits per heavy atom. The summed E-state index contributed by atoms with van der Waals surface area (Å²) < 4.78 is 31.2. The van der Waals surface area contributed by atoms with Crippen LogP contribution in [0.5, 0.6) is 0 Å². The van der Waals surface area contributed by atoms with Gasteiger partial charge < -0.3 is 5.73 Å². The summed E-state index contributed by atoms with van der Waals surface area (Å²) in [6, 6.07) is 9.74. The van der Waals surface area contributed by atoms with E-state index in [9.17, 15) is 8.42 Å². The molecule has 5 heteroatoms. The summed E-state index contributed by atoms with van der Waals surface area (Å²) in [6.07, 6.45) is 0. The first kappa shape index (κ1) is 9.95. The average Bonchev–Trinajstić information content (AvgIpc) is 2.15. The number of benzene rings is 2. The van der Waals surface area contributed by atoms with Gasteiger partial charge in [0.25, 0.3) is 10.1 Å². The molecule has 0 unspecified atom stereocenters. The van der Waals surface area contributed by atoms with Gasteiger partial charge >= 0.3 is 0 Å². The summed E-state index contributed by atoms with van der Waals surface area (Å²) in [6.45, 7) is 0. The van der Waals surface area contributed by atoms with Crippen LogP contribution in [0.2, 0.25) is 0 Å². The van der Waals surface area contributed by atoms with Gasteiger partial charge in [-0.1, -0.05) is 24.3 Å². The summed E-state index contributed by atoms with van der Waals surface area (Å²) >= 11 is 0. The molecule has 0 fully saturated rings. The van der Waals surface area contributed by atoms with Gasteiger partial charge in [0, 0.05) is 11.1 Å². The fraction of sp³-hybridized carbons (Fsp3) is 0. The van der Waals surface area contributed by atoms with E-state index in [4.69, 9.17) is 10.3 Å². The molecule has 0 aliphatic heterocycles. The van der Waals surface area contributed by atoms with E-state index in [2.05, 4.69) is 0 Å². The second-order valence-corrected chi connectivity index (χ2v) is 4.61. The van der Waals surface area contributed by atoms with Crippen LogP contribution in [0.3, 0.4) is 0 Å². The predicted molar refractivity (Wildman–Crippen MR) is 58.2 cm³/mol. The largest absolute Gasteiger partial charge is 0.399 e. The van der Waals surface area contributed by atoms with Crippen LogP contribution in [0.4, 0.5) is 5.69 Å². The van der Waals surface area contributed by atoms with E-state index in [0.29, 0.717) is 16.5 Å². The van der Waals surface area contributed by atoms with Crippen molar-refractivity contribution in [2.24, 2.45) is 0 Å². The summed E-state index contributed by atoms with van der Waals surface area (Å²) in [5.41, 5.74) is 5.85. The van der Waals surface area contributed by atoms with E-state index in [1.165, 1.54) is 6.07 Å². The van der Waals surface area contributed by atoms with Crippen LogP contribution >= 0.6 is 0 Å². The summed E-state index contributed by atoms with van der Waals surface area (Å²) in [5.74, 6) is 0. The van der Waals surface area contributed by atoms with E-state index < -0.39 is 10.1 Å². The minimum atomic E-state index is -4.23. The van der Waals surface area contributed by atoms with E-state index in [0.717, 1.165) is 0 Å². The molecule has 0 aromatic heterocycles. The third-order valence-corrected chi connectivity index (χ3v) is 3.02. The van der Waals surface area contributed by atoms with Crippen LogP contribution in [-0.4, -0.2) is 13.0 Å². The van der Waals surface area contributed by atoms with E-state index >= 15 is 0 Å². The lowest BCUT2D eigenvalue weighted by Crippen LogP contribution is -2.00. The molecule has 0 radical (unpaired) electrons. The lowest BCUT2D eigenvalue weighted by atomic mass is 10.1. The lowest BCUT2D eigenvalue weighted by molar-refractivity contribution is 0.484. The normalized spacial score (nSPS) is 11.8. The Balaban J connectivity index is 2.96. The molecular weight excluding hydrogens is 214 g/mol. The number of hydrogen-bond acceptors (Lipinski definition) is 3. The fourth-order valence-corrected chi connectivity index (χ4v) is 2.26. The Morgan fingerprint density at radius 3 is 2.47 bits per heavy atom. The molecule has 0 amide bonds. The van der Waals surface area contributed by atoms with Gasteiger partial charge in [-0.15, -0.1) is 0 Å². The molecule has 2 aromatic rings. The standard InChI is InChI=1S/C10H9NO3S/c11-8-5-7-3-1-2-4-9(7)10(6-8)15(12,13)14/h1-6H,11H2,(H,12,13,14). The van der Waals surface area contributed by atoms with E-state index in [1.807, 2.05) is 0 Å². The number of anilines is 1. The second-order valence-electron chi connectivity index (χ2n) is 3.22. The van der Waals surface area contributed by atoms with Crippen molar-refractivity contribution in [1.82, 2.24) is 0 Å². The number of rotatable bonds is 1. The average molecular weight is 223 g/mol. The van der Waals surface area contributed by atoms with Crippen molar-refractivity contribution in [2.75, 3.05) is 5.73 Å². The molecule has 0 bridgehead atoms. The zero-order chi connectivity index (χ0) is 11.1. The highest BCUT2D eigenvalue weighted by Crippen LogP contribution is 2.25. The Labute approximate surface area is 87.1 Å². The Bertz CT molecular complexity index is 620. The van der Waals surface area contributed by atoms with Gasteiger partial charge in [-0.05, 0) is 17.5 Å². The molecule has 0 saturated heterocycles. The van der Waals surface area contributed by atoms with E-state index in [-0.39, 0.29) is 4.90 Å². The van der Waals surface area contributed by atoms with Crippen molar-refractivity contribution >= 4 is 26.6 Å². The highest BCUT2D eigenvalue weighted by atomic mass is 32.2. The van der Waals surface area contributed by atoms with Crippen molar-refractivity contribution in [3.05, 3.63) is 36.4 Å². The zero-order valence-corrected chi connectivity index (χ0v) is 8.53. The molecule has 0 saturated carbocycles. The van der Waals surface area contributed by atoms with Crippen LogP contribution in [-0.2, 0) is 10.1 Å². The predicted octanol–water partition coefficient (Wildman–Crippen LogP) is 1.67. The topological polar surface area (TPSA) is 80.4 Å². The monoisotopic (exact) mass is 223 g/mol. The van der Waals surface area contributed by atoms with Gasteiger partial charge in [0.2, 0.25) is 0 Å². The van der Waals surface area contributed by atoms with Crippen LogP contribution < -0.4 is 5.73 Å². The minimum absolute atomic E-state index is 0.155. The molecule has 0 atom stereocenters. The maximum Gasteiger partial charge on any atom is 0.295 e. The molecule has 78 valence electrons.